The number of amides is 2. The number of nitro groups is 1. The van der Waals surface area contributed by atoms with Crippen molar-refractivity contribution in [2.24, 2.45) is 0 Å². The molecule has 0 aliphatic rings. The Morgan fingerprint density at radius 2 is 1.71 bits per heavy atom. The predicted molar refractivity (Wildman–Crippen MR) is 134 cm³/mol. The van der Waals surface area contributed by atoms with Crippen LogP contribution in [0, 0.1) is 17.0 Å². The lowest BCUT2D eigenvalue weighted by Gasteiger charge is -2.33. The monoisotopic (exact) mass is 504 g/mol. The van der Waals surface area contributed by atoms with Gasteiger partial charge in [-0.1, -0.05) is 35.9 Å². The van der Waals surface area contributed by atoms with Gasteiger partial charge >= 0.3 is 0 Å². The first-order valence-electron chi connectivity index (χ1n) is 11.0. The van der Waals surface area contributed by atoms with Gasteiger partial charge in [0.15, 0.2) is 0 Å². The quantitative estimate of drug-likeness (QED) is 0.413. The molecule has 11 heteroatoms. The molecule has 190 valence electrons. The molecule has 0 aromatic heterocycles. The molecule has 2 amide bonds. The maximum absolute atomic E-state index is 13.5. The molecule has 0 bridgehead atoms. The molecule has 0 aliphatic carbocycles. The van der Waals surface area contributed by atoms with Gasteiger partial charge in [-0.25, -0.2) is 8.42 Å². The van der Waals surface area contributed by atoms with E-state index in [1.54, 1.807) is 6.92 Å². The average Bonchev–Trinajstić information content (AvgIpc) is 2.74. The maximum Gasteiger partial charge on any atom is 0.271 e. The second kappa shape index (κ2) is 10.9. The highest BCUT2D eigenvalue weighted by molar-refractivity contribution is 7.92. The van der Waals surface area contributed by atoms with Gasteiger partial charge in [0.2, 0.25) is 21.8 Å². The number of carbonyl (C=O) groups is 2. The zero-order chi connectivity index (χ0) is 26.6. The summed E-state index contributed by atoms with van der Waals surface area (Å²) >= 11 is 0. The minimum Gasteiger partial charge on any atom is -0.350 e. The molecule has 0 saturated carbocycles. The standard InChI is InChI=1S/C24H32N4O6S/c1-17-10-12-19(13-11-17)15-26(18(2)23(30)25-24(3,4)5)22(29)16-27(35(6,33)34)20-8-7-9-21(14-20)28(31)32/h7-14,18H,15-16H2,1-6H3,(H,25,30)/t18-/m0/s1. The summed E-state index contributed by atoms with van der Waals surface area (Å²) in [4.78, 5) is 38.2. The molecule has 0 saturated heterocycles. The van der Waals surface area contributed by atoms with Crippen LogP contribution >= 0.6 is 0 Å². The molecule has 1 N–H and O–H groups in total. The molecule has 0 heterocycles. The fourth-order valence-electron chi connectivity index (χ4n) is 3.32. The highest BCUT2D eigenvalue weighted by atomic mass is 32.2. The number of hydrogen-bond donors (Lipinski definition) is 1. The maximum atomic E-state index is 13.5. The SMILES string of the molecule is Cc1ccc(CN(C(=O)CN(c2cccc([N+](=O)[O-])c2)S(C)(=O)=O)[C@@H](C)C(=O)NC(C)(C)C)cc1. The molecule has 10 nitrogen and oxygen atoms in total. The number of nitro benzene ring substituents is 1. The predicted octanol–water partition coefficient (Wildman–Crippen LogP) is 3.00. The number of sulfonamides is 1. The average molecular weight is 505 g/mol. The molecular formula is C24H32N4O6S. The van der Waals surface area contributed by atoms with E-state index < -0.39 is 39.0 Å². The molecule has 2 aromatic carbocycles. The Bertz CT molecular complexity index is 1190. The number of carbonyl (C=O) groups excluding carboxylic acids is 2. The van der Waals surface area contributed by atoms with Crippen molar-refractivity contribution in [3.8, 4) is 0 Å². The van der Waals surface area contributed by atoms with Gasteiger partial charge in [-0.15, -0.1) is 0 Å². The van der Waals surface area contributed by atoms with Crippen LogP contribution in [0.4, 0.5) is 11.4 Å². The van der Waals surface area contributed by atoms with Crippen LogP contribution in [0.15, 0.2) is 48.5 Å². The highest BCUT2D eigenvalue weighted by Gasteiger charge is 2.31. The lowest BCUT2D eigenvalue weighted by molar-refractivity contribution is -0.384. The van der Waals surface area contributed by atoms with Crippen molar-refractivity contribution < 1.29 is 22.9 Å². The molecular weight excluding hydrogens is 472 g/mol. The Morgan fingerprint density at radius 1 is 1.11 bits per heavy atom. The van der Waals surface area contributed by atoms with E-state index in [2.05, 4.69) is 5.32 Å². The first kappa shape index (κ1) is 27.8. The number of aryl methyl sites for hydroxylation is 1. The van der Waals surface area contributed by atoms with Crippen LogP contribution in [-0.2, 0) is 26.2 Å². The smallest absolute Gasteiger partial charge is 0.271 e. The van der Waals surface area contributed by atoms with Crippen molar-refractivity contribution in [1.82, 2.24) is 10.2 Å². The Hall–Kier alpha value is -3.47. The van der Waals surface area contributed by atoms with Gasteiger partial charge in [-0.05, 0) is 46.2 Å². The highest BCUT2D eigenvalue weighted by Crippen LogP contribution is 2.24. The summed E-state index contributed by atoms with van der Waals surface area (Å²) in [7, 11) is -3.98. The Kier molecular flexibility index (Phi) is 8.61. The van der Waals surface area contributed by atoms with Crippen LogP contribution in [0.3, 0.4) is 0 Å². The van der Waals surface area contributed by atoms with Gasteiger partial charge < -0.3 is 10.2 Å². The number of nitrogens with one attached hydrogen (secondary N) is 1. The third-order valence-electron chi connectivity index (χ3n) is 5.15. The summed E-state index contributed by atoms with van der Waals surface area (Å²) in [5, 5.41) is 14.0. The van der Waals surface area contributed by atoms with E-state index in [4.69, 9.17) is 0 Å². The number of anilines is 1. The van der Waals surface area contributed by atoms with E-state index >= 15 is 0 Å². The van der Waals surface area contributed by atoms with Crippen molar-refractivity contribution in [3.05, 3.63) is 69.8 Å². The van der Waals surface area contributed by atoms with E-state index in [-0.39, 0.29) is 23.8 Å². The number of rotatable bonds is 9. The molecule has 0 radical (unpaired) electrons. The topological polar surface area (TPSA) is 130 Å². The van der Waals surface area contributed by atoms with Gasteiger partial charge in [-0.2, -0.15) is 0 Å². The molecule has 0 unspecified atom stereocenters. The van der Waals surface area contributed by atoms with Gasteiger partial charge in [0.25, 0.3) is 5.69 Å². The van der Waals surface area contributed by atoms with E-state index in [1.807, 2.05) is 52.0 Å². The Morgan fingerprint density at radius 3 is 2.23 bits per heavy atom. The molecule has 2 aromatic rings. The fourth-order valence-corrected chi connectivity index (χ4v) is 4.16. The van der Waals surface area contributed by atoms with Crippen LogP contribution in [0.2, 0.25) is 0 Å². The van der Waals surface area contributed by atoms with Crippen molar-refractivity contribution >= 4 is 33.2 Å². The molecule has 1 atom stereocenters. The Balaban J connectivity index is 2.43. The van der Waals surface area contributed by atoms with E-state index in [0.717, 1.165) is 27.8 Å². The van der Waals surface area contributed by atoms with Crippen molar-refractivity contribution in [1.29, 1.82) is 0 Å². The number of hydrogen-bond acceptors (Lipinski definition) is 6. The van der Waals surface area contributed by atoms with Gasteiger partial charge in [-0.3, -0.25) is 24.0 Å². The third kappa shape index (κ3) is 8.06. The summed E-state index contributed by atoms with van der Waals surface area (Å²) in [5.74, 6) is -1.02. The van der Waals surface area contributed by atoms with Crippen molar-refractivity contribution in [2.45, 2.75) is 52.7 Å². The van der Waals surface area contributed by atoms with Crippen LogP contribution in [0.5, 0.6) is 0 Å². The molecule has 0 spiro atoms. The zero-order valence-corrected chi connectivity index (χ0v) is 21.6. The largest absolute Gasteiger partial charge is 0.350 e. The first-order valence-corrected chi connectivity index (χ1v) is 12.8. The van der Waals surface area contributed by atoms with E-state index in [0.29, 0.717) is 0 Å². The summed E-state index contributed by atoms with van der Waals surface area (Å²) in [5.41, 5.74) is 0.931. The second-order valence-electron chi connectivity index (χ2n) is 9.47. The molecule has 2 rings (SSSR count). The zero-order valence-electron chi connectivity index (χ0n) is 20.8. The minimum atomic E-state index is -3.98. The number of benzene rings is 2. The van der Waals surface area contributed by atoms with Crippen molar-refractivity contribution in [2.75, 3.05) is 17.1 Å². The third-order valence-corrected chi connectivity index (χ3v) is 6.29. The normalized spacial score (nSPS) is 12.5. The van der Waals surface area contributed by atoms with Crippen LogP contribution in [-0.4, -0.2) is 54.4 Å². The van der Waals surface area contributed by atoms with Crippen LogP contribution < -0.4 is 9.62 Å². The van der Waals surface area contributed by atoms with Gasteiger partial charge in [0, 0.05) is 24.2 Å². The summed E-state index contributed by atoms with van der Waals surface area (Å²) in [6, 6.07) is 11.6. The summed E-state index contributed by atoms with van der Waals surface area (Å²) in [6.07, 6.45) is 0.916. The molecule has 35 heavy (non-hydrogen) atoms. The van der Waals surface area contributed by atoms with Gasteiger partial charge in [0.05, 0.1) is 16.9 Å². The second-order valence-corrected chi connectivity index (χ2v) is 11.4. The Labute approximate surface area is 206 Å². The fraction of sp³-hybridized carbons (Fsp3) is 0.417. The first-order chi connectivity index (χ1) is 16.1. The van der Waals surface area contributed by atoms with Crippen LogP contribution in [0.25, 0.3) is 0 Å². The molecule has 0 aliphatic heterocycles. The lowest BCUT2D eigenvalue weighted by Crippen LogP contribution is -2.54. The van der Waals surface area contributed by atoms with E-state index in [1.165, 1.54) is 23.1 Å². The number of non-ortho nitro benzene ring substituents is 1. The summed E-state index contributed by atoms with van der Waals surface area (Å²) in [6.45, 7) is 8.40. The lowest BCUT2D eigenvalue weighted by atomic mass is 10.1. The summed E-state index contributed by atoms with van der Waals surface area (Å²) < 4.78 is 25.9. The van der Waals surface area contributed by atoms with Crippen molar-refractivity contribution in [3.63, 3.8) is 0 Å². The number of nitrogens with zero attached hydrogens (tertiary/aromatic N) is 3. The van der Waals surface area contributed by atoms with E-state index in [9.17, 15) is 28.1 Å². The van der Waals surface area contributed by atoms with Crippen LogP contribution in [0.1, 0.15) is 38.8 Å². The van der Waals surface area contributed by atoms with Gasteiger partial charge in [0.1, 0.15) is 12.6 Å². The molecule has 0 fully saturated rings. The minimum absolute atomic E-state index is 0.0165.